The minimum atomic E-state index is -0.180. The van der Waals surface area contributed by atoms with Gasteiger partial charge in [-0.05, 0) is 53.5 Å². The van der Waals surface area contributed by atoms with E-state index in [0.717, 1.165) is 35.9 Å². The third-order valence-electron chi connectivity index (χ3n) is 4.99. The van der Waals surface area contributed by atoms with Crippen LogP contribution in [0.15, 0.2) is 77.9 Å². The van der Waals surface area contributed by atoms with Crippen LogP contribution in [0.3, 0.4) is 0 Å². The van der Waals surface area contributed by atoms with Gasteiger partial charge < -0.3 is 15.4 Å². The standard InChI is InChI=1S/C26H26N4O2/c1-18(2)20-6-4-7-21(16-20)30-25(31)10-9-19-5-3-8-22(15-19)32-23-11-12-27-24(17-23)26-28-13-14-29-26/h3-12,15-18H,13-14H2,1-2H3,(H,28,29)(H,30,31)/b10-9+. The number of ether oxygens (including phenoxy) is 1. The molecule has 0 saturated carbocycles. The molecule has 0 aliphatic carbocycles. The van der Waals surface area contributed by atoms with E-state index in [1.54, 1.807) is 18.3 Å². The number of amidine groups is 1. The van der Waals surface area contributed by atoms with E-state index in [-0.39, 0.29) is 5.91 Å². The Labute approximate surface area is 188 Å². The molecule has 0 bridgehead atoms. The number of hydrogen-bond acceptors (Lipinski definition) is 5. The van der Waals surface area contributed by atoms with Crippen molar-refractivity contribution in [2.24, 2.45) is 4.99 Å². The zero-order valence-corrected chi connectivity index (χ0v) is 18.2. The van der Waals surface area contributed by atoms with Crippen LogP contribution in [0.4, 0.5) is 5.69 Å². The Morgan fingerprint density at radius 1 is 1.09 bits per heavy atom. The average molecular weight is 427 g/mol. The zero-order chi connectivity index (χ0) is 22.3. The fraction of sp³-hybridized carbons (Fsp3) is 0.192. The molecule has 4 rings (SSSR count). The van der Waals surface area contributed by atoms with Gasteiger partial charge in [0, 0.05) is 30.6 Å². The summed E-state index contributed by atoms with van der Waals surface area (Å²) < 4.78 is 6.00. The van der Waals surface area contributed by atoms with Crippen LogP contribution in [0.25, 0.3) is 6.08 Å². The number of aliphatic imine (C=N–C) groups is 1. The first-order valence-corrected chi connectivity index (χ1v) is 10.7. The summed E-state index contributed by atoms with van der Waals surface area (Å²) in [6, 6.07) is 19.1. The van der Waals surface area contributed by atoms with Crippen molar-refractivity contribution < 1.29 is 9.53 Å². The van der Waals surface area contributed by atoms with Crippen LogP contribution in [-0.2, 0) is 4.79 Å². The third kappa shape index (κ3) is 5.60. The van der Waals surface area contributed by atoms with Gasteiger partial charge in [0.1, 0.15) is 23.0 Å². The van der Waals surface area contributed by atoms with E-state index in [1.807, 2.05) is 48.5 Å². The van der Waals surface area contributed by atoms with E-state index in [4.69, 9.17) is 4.74 Å². The second-order valence-corrected chi connectivity index (χ2v) is 7.81. The molecular formula is C26H26N4O2. The number of pyridine rings is 1. The topological polar surface area (TPSA) is 75.6 Å². The van der Waals surface area contributed by atoms with Gasteiger partial charge in [-0.1, -0.05) is 38.1 Å². The van der Waals surface area contributed by atoms with Gasteiger partial charge in [-0.15, -0.1) is 0 Å². The number of anilines is 1. The van der Waals surface area contributed by atoms with E-state index in [9.17, 15) is 4.79 Å². The summed E-state index contributed by atoms with van der Waals surface area (Å²) in [4.78, 5) is 21.1. The molecule has 0 radical (unpaired) electrons. The number of amides is 1. The maximum absolute atomic E-state index is 12.4. The number of benzene rings is 2. The minimum Gasteiger partial charge on any atom is -0.457 e. The molecule has 2 N–H and O–H groups in total. The average Bonchev–Trinajstić information content (AvgIpc) is 3.33. The molecule has 1 aliphatic rings. The highest BCUT2D eigenvalue weighted by Crippen LogP contribution is 2.23. The van der Waals surface area contributed by atoms with Gasteiger partial charge in [-0.25, -0.2) is 0 Å². The van der Waals surface area contributed by atoms with Crippen LogP contribution in [0.5, 0.6) is 11.5 Å². The molecule has 6 heteroatoms. The molecule has 1 amide bonds. The molecule has 0 saturated heterocycles. The lowest BCUT2D eigenvalue weighted by molar-refractivity contribution is -0.111. The summed E-state index contributed by atoms with van der Waals surface area (Å²) in [5.41, 5.74) is 3.60. The molecule has 1 aromatic heterocycles. The quantitative estimate of drug-likeness (QED) is 0.522. The van der Waals surface area contributed by atoms with Gasteiger partial charge >= 0.3 is 0 Å². The van der Waals surface area contributed by atoms with Crippen molar-refractivity contribution in [1.29, 1.82) is 0 Å². The van der Waals surface area contributed by atoms with E-state index in [1.165, 1.54) is 11.6 Å². The molecule has 0 atom stereocenters. The molecular weight excluding hydrogens is 400 g/mol. The van der Waals surface area contributed by atoms with Gasteiger partial charge in [0.05, 0.1) is 6.54 Å². The van der Waals surface area contributed by atoms with Crippen LogP contribution >= 0.6 is 0 Å². The number of rotatable bonds is 7. The maximum Gasteiger partial charge on any atom is 0.248 e. The second kappa shape index (κ2) is 9.92. The highest BCUT2D eigenvalue weighted by Gasteiger charge is 2.10. The molecule has 0 unspecified atom stereocenters. The van der Waals surface area contributed by atoms with Crippen molar-refractivity contribution in [3.63, 3.8) is 0 Å². The molecule has 2 heterocycles. The first-order chi connectivity index (χ1) is 15.6. The summed E-state index contributed by atoms with van der Waals surface area (Å²) in [6.45, 7) is 5.84. The number of nitrogens with zero attached hydrogens (tertiary/aromatic N) is 2. The summed E-state index contributed by atoms with van der Waals surface area (Å²) in [5.74, 6) is 2.37. The van der Waals surface area contributed by atoms with E-state index < -0.39 is 0 Å². The van der Waals surface area contributed by atoms with Crippen molar-refractivity contribution in [3.05, 3.63) is 89.8 Å². The van der Waals surface area contributed by atoms with Crippen molar-refractivity contribution in [2.75, 3.05) is 18.4 Å². The summed E-state index contributed by atoms with van der Waals surface area (Å²) in [5, 5.41) is 6.12. The Kier molecular flexibility index (Phi) is 6.60. The first kappa shape index (κ1) is 21.3. The Hall–Kier alpha value is -3.93. The number of aromatic nitrogens is 1. The van der Waals surface area contributed by atoms with Crippen LogP contribution in [0.2, 0.25) is 0 Å². The lowest BCUT2D eigenvalue weighted by Crippen LogP contribution is -2.20. The van der Waals surface area contributed by atoms with Crippen LogP contribution in [-0.4, -0.2) is 29.8 Å². The highest BCUT2D eigenvalue weighted by molar-refractivity contribution is 6.02. The molecule has 32 heavy (non-hydrogen) atoms. The first-order valence-electron chi connectivity index (χ1n) is 10.7. The molecule has 0 spiro atoms. The summed E-state index contributed by atoms with van der Waals surface area (Å²) in [7, 11) is 0. The van der Waals surface area contributed by atoms with Gasteiger partial charge in [0.2, 0.25) is 5.91 Å². The Morgan fingerprint density at radius 3 is 2.75 bits per heavy atom. The molecule has 3 aromatic rings. The smallest absolute Gasteiger partial charge is 0.248 e. The lowest BCUT2D eigenvalue weighted by Gasteiger charge is -2.09. The van der Waals surface area contributed by atoms with Gasteiger partial charge in [-0.2, -0.15) is 0 Å². The Balaban J connectivity index is 1.41. The van der Waals surface area contributed by atoms with Crippen molar-refractivity contribution in [3.8, 4) is 11.5 Å². The van der Waals surface area contributed by atoms with E-state index in [0.29, 0.717) is 17.4 Å². The SMILES string of the molecule is CC(C)c1cccc(NC(=O)/C=C/c2cccc(Oc3ccnc(C4=NCCN4)c3)c2)c1. The van der Waals surface area contributed by atoms with Crippen LogP contribution < -0.4 is 15.4 Å². The minimum absolute atomic E-state index is 0.180. The van der Waals surface area contributed by atoms with Gasteiger partial charge in [-0.3, -0.25) is 14.8 Å². The van der Waals surface area contributed by atoms with Crippen molar-refractivity contribution >= 4 is 23.5 Å². The second-order valence-electron chi connectivity index (χ2n) is 7.81. The fourth-order valence-corrected chi connectivity index (χ4v) is 3.32. The Bertz CT molecular complexity index is 1170. The number of hydrogen-bond donors (Lipinski definition) is 2. The normalized spacial score (nSPS) is 13.2. The number of carbonyl (C=O) groups excluding carboxylic acids is 1. The van der Waals surface area contributed by atoms with Gasteiger partial charge in [0.15, 0.2) is 0 Å². The molecule has 2 aromatic carbocycles. The number of carbonyl (C=O) groups is 1. The summed E-state index contributed by atoms with van der Waals surface area (Å²) >= 11 is 0. The van der Waals surface area contributed by atoms with Crippen molar-refractivity contribution in [2.45, 2.75) is 19.8 Å². The highest BCUT2D eigenvalue weighted by atomic mass is 16.5. The van der Waals surface area contributed by atoms with Crippen LogP contribution in [0, 0.1) is 0 Å². The fourth-order valence-electron chi connectivity index (χ4n) is 3.32. The van der Waals surface area contributed by atoms with E-state index >= 15 is 0 Å². The third-order valence-corrected chi connectivity index (χ3v) is 4.99. The van der Waals surface area contributed by atoms with Crippen molar-refractivity contribution in [1.82, 2.24) is 10.3 Å². The predicted molar refractivity (Wildman–Crippen MR) is 128 cm³/mol. The zero-order valence-electron chi connectivity index (χ0n) is 18.2. The summed E-state index contributed by atoms with van der Waals surface area (Å²) in [6.07, 6.45) is 4.99. The molecule has 0 fully saturated rings. The Morgan fingerprint density at radius 2 is 1.94 bits per heavy atom. The van der Waals surface area contributed by atoms with Crippen LogP contribution in [0.1, 0.15) is 36.6 Å². The lowest BCUT2D eigenvalue weighted by atomic mass is 10.0. The molecule has 6 nitrogen and oxygen atoms in total. The van der Waals surface area contributed by atoms with E-state index in [2.05, 4.69) is 40.5 Å². The largest absolute Gasteiger partial charge is 0.457 e. The molecule has 1 aliphatic heterocycles. The predicted octanol–water partition coefficient (Wildman–Crippen LogP) is 5.00. The maximum atomic E-state index is 12.4. The number of nitrogens with one attached hydrogen (secondary N) is 2. The monoisotopic (exact) mass is 426 g/mol. The molecule has 162 valence electrons. The van der Waals surface area contributed by atoms with Gasteiger partial charge in [0.25, 0.3) is 0 Å².